The van der Waals surface area contributed by atoms with Crippen molar-refractivity contribution in [3.8, 4) is 22.3 Å². The zero-order valence-corrected chi connectivity index (χ0v) is 16.2. The lowest BCUT2D eigenvalue weighted by molar-refractivity contribution is 0.951. The summed E-state index contributed by atoms with van der Waals surface area (Å²) >= 11 is 0. The van der Waals surface area contributed by atoms with E-state index < -0.39 is 0 Å². The molecule has 1 aliphatic carbocycles. The Bertz CT molecular complexity index is 1190. The maximum Gasteiger partial charge on any atom is 0.102 e. The van der Waals surface area contributed by atoms with Crippen molar-refractivity contribution >= 4 is 18.6 Å². The SMILES string of the molecule is BCC1c2cc(C)ccc2-c2ccc(-c3ccc4cc(C)ccc4c3)cc21. The van der Waals surface area contributed by atoms with Crippen LogP contribution in [0.5, 0.6) is 0 Å². The first-order valence-electron chi connectivity index (χ1n) is 9.89. The minimum Gasteiger partial charge on any atom is -0.0702 e. The minimum absolute atomic E-state index is 0.512. The Morgan fingerprint density at radius 2 is 1.19 bits per heavy atom. The molecule has 0 N–H and O–H groups in total. The molecule has 4 aromatic rings. The van der Waals surface area contributed by atoms with Crippen LogP contribution in [0.2, 0.25) is 6.32 Å². The van der Waals surface area contributed by atoms with Gasteiger partial charge in [0.05, 0.1) is 0 Å². The topological polar surface area (TPSA) is 0 Å². The van der Waals surface area contributed by atoms with Crippen molar-refractivity contribution in [3.63, 3.8) is 0 Å². The van der Waals surface area contributed by atoms with E-state index in [-0.39, 0.29) is 0 Å². The molecule has 130 valence electrons. The molecular formula is C26H23B. The van der Waals surface area contributed by atoms with Crippen molar-refractivity contribution in [1.29, 1.82) is 0 Å². The number of rotatable bonds is 2. The van der Waals surface area contributed by atoms with Gasteiger partial charge in [-0.1, -0.05) is 78.1 Å². The minimum atomic E-state index is 0.512. The molecule has 0 saturated heterocycles. The summed E-state index contributed by atoms with van der Waals surface area (Å²) in [5.41, 5.74) is 11.1. The largest absolute Gasteiger partial charge is 0.102 e. The van der Waals surface area contributed by atoms with Crippen LogP contribution in [0.1, 0.15) is 28.2 Å². The first kappa shape index (κ1) is 16.4. The van der Waals surface area contributed by atoms with Gasteiger partial charge in [0.2, 0.25) is 0 Å². The van der Waals surface area contributed by atoms with Crippen molar-refractivity contribution in [2.24, 2.45) is 0 Å². The van der Waals surface area contributed by atoms with E-state index in [1.54, 1.807) is 0 Å². The monoisotopic (exact) mass is 346 g/mol. The van der Waals surface area contributed by atoms with Crippen LogP contribution in [0.3, 0.4) is 0 Å². The molecule has 0 aliphatic heterocycles. The lowest BCUT2D eigenvalue weighted by Gasteiger charge is -2.13. The van der Waals surface area contributed by atoms with Crippen molar-refractivity contribution in [2.75, 3.05) is 0 Å². The summed E-state index contributed by atoms with van der Waals surface area (Å²) in [6.07, 6.45) is 1.14. The quantitative estimate of drug-likeness (QED) is 0.374. The van der Waals surface area contributed by atoms with E-state index in [0.29, 0.717) is 5.92 Å². The smallest absolute Gasteiger partial charge is 0.0702 e. The average Bonchev–Trinajstić information content (AvgIpc) is 2.99. The maximum absolute atomic E-state index is 2.42. The van der Waals surface area contributed by atoms with Gasteiger partial charge in [-0.2, -0.15) is 0 Å². The molecule has 1 atom stereocenters. The molecule has 0 fully saturated rings. The van der Waals surface area contributed by atoms with Crippen LogP contribution in [-0.2, 0) is 0 Å². The van der Waals surface area contributed by atoms with Crippen molar-refractivity contribution in [3.05, 3.63) is 95.1 Å². The Morgan fingerprint density at radius 1 is 0.630 bits per heavy atom. The number of fused-ring (bicyclic) bond motifs is 4. The van der Waals surface area contributed by atoms with Gasteiger partial charge >= 0.3 is 0 Å². The number of aryl methyl sites for hydroxylation is 2. The first-order chi connectivity index (χ1) is 13.1. The fourth-order valence-corrected chi connectivity index (χ4v) is 4.64. The second-order valence-electron chi connectivity index (χ2n) is 7.92. The van der Waals surface area contributed by atoms with E-state index in [4.69, 9.17) is 0 Å². The molecule has 0 radical (unpaired) electrons. The fourth-order valence-electron chi connectivity index (χ4n) is 4.64. The van der Waals surface area contributed by atoms with E-state index in [2.05, 4.69) is 94.5 Å². The van der Waals surface area contributed by atoms with Crippen LogP contribution in [0.4, 0.5) is 0 Å². The van der Waals surface area contributed by atoms with Crippen molar-refractivity contribution in [1.82, 2.24) is 0 Å². The highest BCUT2D eigenvalue weighted by Crippen LogP contribution is 2.47. The number of hydrogen-bond acceptors (Lipinski definition) is 0. The second kappa shape index (κ2) is 6.13. The lowest BCUT2D eigenvalue weighted by Crippen LogP contribution is -1.96. The molecule has 1 heteroatoms. The Hall–Kier alpha value is -2.80. The molecule has 0 spiro atoms. The number of benzene rings is 4. The summed E-state index contributed by atoms with van der Waals surface area (Å²) < 4.78 is 0. The van der Waals surface area contributed by atoms with E-state index in [1.807, 2.05) is 0 Å². The van der Waals surface area contributed by atoms with Gasteiger partial charge in [-0.3, -0.25) is 0 Å². The Balaban J connectivity index is 1.64. The molecular weight excluding hydrogens is 323 g/mol. The fraction of sp³-hybridized carbons (Fsp3) is 0.154. The molecule has 27 heavy (non-hydrogen) atoms. The van der Waals surface area contributed by atoms with Gasteiger partial charge < -0.3 is 0 Å². The highest BCUT2D eigenvalue weighted by molar-refractivity contribution is 6.10. The molecule has 5 rings (SSSR count). The number of hydrogen-bond donors (Lipinski definition) is 0. The van der Waals surface area contributed by atoms with Gasteiger partial charge in [0.25, 0.3) is 0 Å². The normalized spacial score (nSPS) is 15.0. The lowest BCUT2D eigenvalue weighted by atomic mass is 9.83. The standard InChI is InChI=1S/C26H23B/c1-16-3-5-19-13-20(7-6-18(19)11-16)21-8-10-23-22-9-4-17(2)12-24(22)26(15-27)25(23)14-21/h3-14,26H,15,27H2,1-2H3. The molecule has 0 saturated carbocycles. The maximum atomic E-state index is 2.42. The van der Waals surface area contributed by atoms with Gasteiger partial charge in [0.1, 0.15) is 7.85 Å². The van der Waals surface area contributed by atoms with Gasteiger partial charge in [-0.05, 0) is 70.1 Å². The summed E-state index contributed by atoms with van der Waals surface area (Å²) in [4.78, 5) is 0. The molecule has 0 nitrogen and oxygen atoms in total. The van der Waals surface area contributed by atoms with Crippen molar-refractivity contribution in [2.45, 2.75) is 26.1 Å². The highest BCUT2D eigenvalue weighted by Gasteiger charge is 2.27. The molecule has 0 heterocycles. The highest BCUT2D eigenvalue weighted by atomic mass is 14.3. The van der Waals surface area contributed by atoms with E-state index >= 15 is 0 Å². The van der Waals surface area contributed by atoms with Crippen molar-refractivity contribution < 1.29 is 0 Å². The van der Waals surface area contributed by atoms with Gasteiger partial charge in [0.15, 0.2) is 0 Å². The third-order valence-electron chi connectivity index (χ3n) is 6.04. The summed E-state index contributed by atoms with van der Waals surface area (Å²) in [7, 11) is 2.30. The summed E-state index contributed by atoms with van der Waals surface area (Å²) in [5.74, 6) is 0.512. The van der Waals surface area contributed by atoms with Crippen LogP contribution in [-0.4, -0.2) is 7.85 Å². The molecule has 0 bridgehead atoms. The molecule has 1 unspecified atom stereocenters. The third-order valence-corrected chi connectivity index (χ3v) is 6.04. The molecule has 1 aliphatic rings. The Morgan fingerprint density at radius 3 is 2.00 bits per heavy atom. The first-order valence-corrected chi connectivity index (χ1v) is 9.89. The van der Waals surface area contributed by atoms with Crippen LogP contribution in [0, 0.1) is 13.8 Å². The van der Waals surface area contributed by atoms with Crippen LogP contribution in [0.25, 0.3) is 33.0 Å². The Labute approximate surface area is 162 Å². The zero-order chi connectivity index (χ0) is 18.5. The van der Waals surface area contributed by atoms with Gasteiger partial charge in [0, 0.05) is 5.92 Å². The van der Waals surface area contributed by atoms with Gasteiger partial charge in [-0.15, -0.1) is 0 Å². The summed E-state index contributed by atoms with van der Waals surface area (Å²) in [6.45, 7) is 4.34. The van der Waals surface area contributed by atoms with Crippen LogP contribution < -0.4 is 0 Å². The summed E-state index contributed by atoms with van der Waals surface area (Å²) in [5, 5.41) is 2.62. The predicted octanol–water partition coefficient (Wildman–Crippen LogP) is 6.29. The van der Waals surface area contributed by atoms with E-state index in [9.17, 15) is 0 Å². The molecule has 0 aromatic heterocycles. The van der Waals surface area contributed by atoms with Gasteiger partial charge in [-0.25, -0.2) is 0 Å². The third kappa shape index (κ3) is 2.61. The van der Waals surface area contributed by atoms with E-state index in [0.717, 1.165) is 6.32 Å². The van der Waals surface area contributed by atoms with Crippen LogP contribution in [0.15, 0.2) is 72.8 Å². The molecule has 0 amide bonds. The summed E-state index contributed by atoms with van der Waals surface area (Å²) in [6, 6.07) is 27.5. The zero-order valence-electron chi connectivity index (χ0n) is 16.2. The average molecular weight is 346 g/mol. The van der Waals surface area contributed by atoms with Crippen LogP contribution >= 0.6 is 0 Å². The Kier molecular flexibility index (Phi) is 3.72. The predicted molar refractivity (Wildman–Crippen MR) is 119 cm³/mol. The van der Waals surface area contributed by atoms with E-state index in [1.165, 1.54) is 55.3 Å². The molecule has 4 aromatic carbocycles. The second-order valence-corrected chi connectivity index (χ2v) is 7.92.